The molecular weight excluding hydrogens is 332 g/mol. The number of hydrogen-bond acceptors (Lipinski definition) is 4. The number of aryl methyl sites for hydroxylation is 2. The fraction of sp³-hybridized carbons (Fsp3) is 0.353. The van der Waals surface area contributed by atoms with Gasteiger partial charge >= 0.3 is 0 Å². The number of benzene rings is 1. The zero-order chi connectivity index (χ0) is 18.6. The smallest absolute Gasteiger partial charge is 0.254 e. The van der Waals surface area contributed by atoms with Crippen molar-refractivity contribution >= 4 is 5.91 Å². The summed E-state index contributed by atoms with van der Waals surface area (Å²) in [6.07, 6.45) is -0.911. The van der Waals surface area contributed by atoms with E-state index < -0.39 is 17.7 Å². The molecule has 0 fully saturated rings. The number of aromatic nitrogens is 2. The van der Waals surface area contributed by atoms with E-state index in [2.05, 4.69) is 15.3 Å². The predicted octanol–water partition coefficient (Wildman–Crippen LogP) is 1.45. The molecule has 1 aromatic carbocycles. The van der Waals surface area contributed by atoms with Crippen LogP contribution in [0.1, 0.15) is 35.2 Å². The predicted molar refractivity (Wildman–Crippen MR) is 87.0 cm³/mol. The van der Waals surface area contributed by atoms with Crippen molar-refractivity contribution in [3.63, 3.8) is 0 Å². The van der Waals surface area contributed by atoms with Crippen LogP contribution >= 0.6 is 0 Å². The van der Waals surface area contributed by atoms with Crippen molar-refractivity contribution in [2.24, 2.45) is 0 Å². The van der Waals surface area contributed by atoms with E-state index in [0.29, 0.717) is 17.1 Å². The number of amides is 1. The van der Waals surface area contributed by atoms with Gasteiger partial charge in [0.2, 0.25) is 5.91 Å². The lowest BCUT2D eigenvalue weighted by Gasteiger charge is -2.13. The van der Waals surface area contributed by atoms with Gasteiger partial charge in [-0.15, -0.1) is 0 Å². The van der Waals surface area contributed by atoms with Crippen molar-refractivity contribution < 1.29 is 18.7 Å². The second-order valence-electron chi connectivity index (χ2n) is 5.71. The van der Waals surface area contributed by atoms with Crippen molar-refractivity contribution in [2.45, 2.75) is 32.8 Å². The first-order valence-corrected chi connectivity index (χ1v) is 7.74. The SMILES string of the molecule is Cc1nc(C)c(CCC(=O)NCC(O)c2ccc(F)c(F)c2)c(=O)[nH]1. The molecule has 0 aliphatic rings. The van der Waals surface area contributed by atoms with Crippen LogP contribution in [0.25, 0.3) is 0 Å². The molecule has 134 valence electrons. The number of nitrogens with one attached hydrogen (secondary N) is 2. The Morgan fingerprint density at radius 2 is 2.04 bits per heavy atom. The van der Waals surface area contributed by atoms with Crippen LogP contribution in [0.4, 0.5) is 8.78 Å². The summed E-state index contributed by atoms with van der Waals surface area (Å²) in [4.78, 5) is 30.5. The molecule has 0 radical (unpaired) electrons. The second-order valence-corrected chi connectivity index (χ2v) is 5.71. The van der Waals surface area contributed by atoms with E-state index in [1.165, 1.54) is 6.07 Å². The van der Waals surface area contributed by atoms with Crippen LogP contribution in [0.15, 0.2) is 23.0 Å². The zero-order valence-electron chi connectivity index (χ0n) is 13.9. The molecule has 6 nitrogen and oxygen atoms in total. The second kappa shape index (κ2) is 7.98. The maximum atomic E-state index is 13.1. The summed E-state index contributed by atoms with van der Waals surface area (Å²) >= 11 is 0. The van der Waals surface area contributed by atoms with Crippen LogP contribution in [-0.2, 0) is 11.2 Å². The van der Waals surface area contributed by atoms with E-state index in [9.17, 15) is 23.5 Å². The molecule has 0 aliphatic carbocycles. The molecule has 0 saturated heterocycles. The summed E-state index contributed by atoms with van der Waals surface area (Å²) in [5, 5.41) is 12.4. The third kappa shape index (κ3) is 4.93. The molecule has 1 amide bonds. The monoisotopic (exact) mass is 351 g/mol. The molecule has 2 aromatic rings. The Hall–Kier alpha value is -2.61. The molecular formula is C17H19F2N3O3. The van der Waals surface area contributed by atoms with Crippen molar-refractivity contribution in [3.05, 3.63) is 62.8 Å². The average Bonchev–Trinajstić information content (AvgIpc) is 2.54. The van der Waals surface area contributed by atoms with Gasteiger partial charge in [-0.1, -0.05) is 6.07 Å². The summed E-state index contributed by atoms with van der Waals surface area (Å²) < 4.78 is 26.0. The van der Waals surface area contributed by atoms with E-state index in [-0.39, 0.29) is 36.4 Å². The number of aliphatic hydroxyl groups is 1. The zero-order valence-corrected chi connectivity index (χ0v) is 13.9. The molecule has 2 rings (SSSR count). The van der Waals surface area contributed by atoms with Gasteiger partial charge in [-0.25, -0.2) is 13.8 Å². The number of rotatable bonds is 6. The molecule has 1 unspecified atom stereocenters. The minimum Gasteiger partial charge on any atom is -0.387 e. The van der Waals surface area contributed by atoms with E-state index in [4.69, 9.17) is 0 Å². The lowest BCUT2D eigenvalue weighted by atomic mass is 10.1. The maximum Gasteiger partial charge on any atom is 0.254 e. The van der Waals surface area contributed by atoms with Gasteiger partial charge in [-0.2, -0.15) is 0 Å². The highest BCUT2D eigenvalue weighted by Gasteiger charge is 2.13. The maximum absolute atomic E-state index is 13.1. The van der Waals surface area contributed by atoms with Gasteiger partial charge in [-0.3, -0.25) is 9.59 Å². The number of H-pyrrole nitrogens is 1. The van der Waals surface area contributed by atoms with Crippen molar-refractivity contribution in [2.75, 3.05) is 6.54 Å². The van der Waals surface area contributed by atoms with E-state index in [0.717, 1.165) is 12.1 Å². The number of nitrogens with zero attached hydrogens (tertiary/aromatic N) is 1. The molecule has 0 saturated carbocycles. The Kier molecular flexibility index (Phi) is 5.97. The number of aliphatic hydroxyl groups excluding tert-OH is 1. The first kappa shape index (κ1) is 18.7. The highest BCUT2D eigenvalue weighted by Crippen LogP contribution is 2.15. The van der Waals surface area contributed by atoms with Gasteiger partial charge in [0, 0.05) is 24.2 Å². The Morgan fingerprint density at radius 1 is 1.32 bits per heavy atom. The van der Waals surface area contributed by atoms with Crippen molar-refractivity contribution in [3.8, 4) is 0 Å². The molecule has 8 heteroatoms. The van der Waals surface area contributed by atoms with Crippen LogP contribution in [0.2, 0.25) is 0 Å². The van der Waals surface area contributed by atoms with Crippen LogP contribution in [-0.4, -0.2) is 27.5 Å². The molecule has 1 atom stereocenters. The third-order valence-electron chi connectivity index (χ3n) is 3.76. The quantitative estimate of drug-likeness (QED) is 0.734. The van der Waals surface area contributed by atoms with Crippen molar-refractivity contribution in [1.29, 1.82) is 0 Å². The van der Waals surface area contributed by atoms with Crippen LogP contribution in [0.5, 0.6) is 0 Å². The van der Waals surface area contributed by atoms with Crippen LogP contribution < -0.4 is 10.9 Å². The topological polar surface area (TPSA) is 95.1 Å². The summed E-state index contributed by atoms with van der Waals surface area (Å²) in [6.45, 7) is 3.22. The van der Waals surface area contributed by atoms with Crippen LogP contribution in [0.3, 0.4) is 0 Å². The fourth-order valence-electron chi connectivity index (χ4n) is 2.42. The van der Waals surface area contributed by atoms with Gasteiger partial charge in [0.25, 0.3) is 5.56 Å². The number of aromatic amines is 1. The molecule has 0 spiro atoms. The molecule has 0 bridgehead atoms. The fourth-order valence-corrected chi connectivity index (χ4v) is 2.42. The molecule has 0 aliphatic heterocycles. The lowest BCUT2D eigenvalue weighted by Crippen LogP contribution is -2.29. The molecule has 3 N–H and O–H groups in total. The van der Waals surface area contributed by atoms with Crippen molar-refractivity contribution in [1.82, 2.24) is 15.3 Å². The van der Waals surface area contributed by atoms with Gasteiger partial charge in [-0.05, 0) is 38.0 Å². The number of carbonyl (C=O) groups excluding carboxylic acids is 1. The number of halogens is 2. The summed E-state index contributed by atoms with van der Waals surface area (Å²) in [5.74, 6) is -1.94. The van der Waals surface area contributed by atoms with E-state index in [1.807, 2.05) is 0 Å². The highest BCUT2D eigenvalue weighted by molar-refractivity contribution is 5.76. The van der Waals surface area contributed by atoms with Gasteiger partial charge in [0.05, 0.1) is 6.10 Å². The summed E-state index contributed by atoms with van der Waals surface area (Å²) in [7, 11) is 0. The highest BCUT2D eigenvalue weighted by atomic mass is 19.2. The van der Waals surface area contributed by atoms with Crippen LogP contribution in [0, 0.1) is 25.5 Å². The van der Waals surface area contributed by atoms with E-state index >= 15 is 0 Å². The number of carbonyl (C=O) groups is 1. The number of hydrogen-bond donors (Lipinski definition) is 3. The molecule has 1 heterocycles. The Labute approximate surface area is 142 Å². The average molecular weight is 351 g/mol. The standard InChI is InChI=1S/C17H19F2N3O3/c1-9-12(17(25)22-10(2)21-9)4-6-16(24)20-8-15(23)11-3-5-13(18)14(19)7-11/h3,5,7,15,23H,4,6,8H2,1-2H3,(H,20,24)(H,21,22,25). The van der Waals surface area contributed by atoms with Gasteiger partial charge < -0.3 is 15.4 Å². The molecule has 25 heavy (non-hydrogen) atoms. The Balaban J connectivity index is 1.88. The van der Waals surface area contributed by atoms with E-state index in [1.54, 1.807) is 13.8 Å². The minimum absolute atomic E-state index is 0.0408. The first-order valence-electron chi connectivity index (χ1n) is 7.74. The Bertz CT molecular complexity index is 836. The minimum atomic E-state index is -1.16. The van der Waals surface area contributed by atoms with Gasteiger partial charge in [0.15, 0.2) is 11.6 Å². The molecule has 1 aromatic heterocycles. The normalized spacial score (nSPS) is 12.0. The van der Waals surface area contributed by atoms with Gasteiger partial charge in [0.1, 0.15) is 5.82 Å². The first-order chi connectivity index (χ1) is 11.8. The largest absolute Gasteiger partial charge is 0.387 e. The Morgan fingerprint density at radius 3 is 2.68 bits per heavy atom. The summed E-state index contributed by atoms with van der Waals surface area (Å²) in [5.41, 5.74) is 0.881. The lowest BCUT2D eigenvalue weighted by molar-refractivity contribution is -0.121. The third-order valence-corrected chi connectivity index (χ3v) is 3.76. The summed E-state index contributed by atoms with van der Waals surface area (Å²) in [6, 6.07) is 3.04.